The van der Waals surface area contributed by atoms with Crippen molar-refractivity contribution in [3.8, 4) is 16.9 Å². The highest BCUT2D eigenvalue weighted by molar-refractivity contribution is 5.81. The Kier molecular flexibility index (Phi) is 5.64. The Balaban J connectivity index is 1.22. The van der Waals surface area contributed by atoms with Crippen LogP contribution in [0.2, 0.25) is 0 Å². The van der Waals surface area contributed by atoms with Crippen LogP contribution < -0.4 is 9.75 Å². The first-order valence-corrected chi connectivity index (χ1v) is 11.6. The Morgan fingerprint density at radius 3 is 2.28 bits per heavy atom. The number of hydrogen-bond acceptors (Lipinski definition) is 5. The summed E-state index contributed by atoms with van der Waals surface area (Å²) in [6, 6.07) is 16.6. The van der Waals surface area contributed by atoms with Crippen molar-refractivity contribution in [1.29, 1.82) is 0 Å². The molecular weight excluding hydrogens is 402 g/mol. The number of likely N-dealkylation sites (tertiary alicyclic amines) is 1. The molecule has 2 fully saturated rings. The summed E-state index contributed by atoms with van der Waals surface area (Å²) in [6.07, 6.45) is 6.79. The van der Waals surface area contributed by atoms with Gasteiger partial charge in [0, 0.05) is 31.6 Å². The number of hydrogen-bond donors (Lipinski definition) is 1. The zero-order chi connectivity index (χ0) is 22.1. The van der Waals surface area contributed by atoms with Gasteiger partial charge in [0.05, 0.1) is 24.4 Å². The van der Waals surface area contributed by atoms with Crippen molar-refractivity contribution in [1.82, 2.24) is 4.90 Å². The fourth-order valence-electron chi connectivity index (χ4n) is 4.86. The van der Waals surface area contributed by atoms with E-state index in [4.69, 9.17) is 4.74 Å². The first-order valence-electron chi connectivity index (χ1n) is 11.6. The third-order valence-corrected chi connectivity index (χ3v) is 7.03. The van der Waals surface area contributed by atoms with Crippen molar-refractivity contribution >= 4 is 17.8 Å². The standard InChI is InChI=1S/C26H31N3O3/c1-32-24-10-6-20(7-11-24)19-4-8-22(9-5-19)29-23(12-15-27-29)18-26(31)13-16-28(17-14-26)25(30)21-2-3-21/h4-11,15,21,23,31H,2-3,12-14,16-18H2,1H3. The first kappa shape index (κ1) is 21.0. The van der Waals surface area contributed by atoms with E-state index in [9.17, 15) is 9.90 Å². The second-order valence-corrected chi connectivity index (χ2v) is 9.34. The molecule has 1 amide bonds. The molecule has 0 radical (unpaired) electrons. The number of hydrazone groups is 1. The van der Waals surface area contributed by atoms with Gasteiger partial charge in [0.2, 0.25) is 5.91 Å². The summed E-state index contributed by atoms with van der Waals surface area (Å²) in [4.78, 5) is 14.3. The lowest BCUT2D eigenvalue weighted by atomic mass is 9.84. The van der Waals surface area contributed by atoms with Gasteiger partial charge in [-0.25, -0.2) is 0 Å². The van der Waals surface area contributed by atoms with E-state index in [0.29, 0.717) is 32.4 Å². The molecule has 2 heterocycles. The van der Waals surface area contributed by atoms with Crippen molar-refractivity contribution in [2.75, 3.05) is 25.2 Å². The molecule has 2 aliphatic heterocycles. The molecule has 0 bridgehead atoms. The second-order valence-electron chi connectivity index (χ2n) is 9.34. The number of methoxy groups -OCH3 is 1. The molecule has 6 heteroatoms. The topological polar surface area (TPSA) is 65.4 Å². The summed E-state index contributed by atoms with van der Waals surface area (Å²) in [5, 5.41) is 17.9. The summed E-state index contributed by atoms with van der Waals surface area (Å²) >= 11 is 0. The molecule has 1 saturated heterocycles. The molecule has 0 spiro atoms. The van der Waals surface area contributed by atoms with Crippen LogP contribution in [0.1, 0.15) is 38.5 Å². The van der Waals surface area contributed by atoms with Crippen LogP contribution in [0.4, 0.5) is 5.69 Å². The van der Waals surface area contributed by atoms with Crippen LogP contribution in [0.15, 0.2) is 53.6 Å². The summed E-state index contributed by atoms with van der Waals surface area (Å²) in [7, 11) is 1.67. The smallest absolute Gasteiger partial charge is 0.225 e. The van der Waals surface area contributed by atoms with Crippen LogP contribution in [-0.4, -0.2) is 54.0 Å². The molecule has 1 unspecified atom stereocenters. The molecule has 1 aliphatic carbocycles. The third-order valence-electron chi connectivity index (χ3n) is 7.03. The number of aliphatic hydroxyl groups is 1. The van der Waals surface area contributed by atoms with Gasteiger partial charge in [-0.2, -0.15) is 5.10 Å². The van der Waals surface area contributed by atoms with Gasteiger partial charge in [-0.1, -0.05) is 24.3 Å². The average molecular weight is 434 g/mol. The lowest BCUT2D eigenvalue weighted by Gasteiger charge is -2.40. The number of carbonyl (C=O) groups is 1. The van der Waals surface area contributed by atoms with Crippen LogP contribution in [0.5, 0.6) is 5.75 Å². The lowest BCUT2D eigenvalue weighted by Crippen LogP contribution is -2.49. The molecule has 2 aromatic rings. The van der Waals surface area contributed by atoms with Crippen LogP contribution in [0, 0.1) is 5.92 Å². The van der Waals surface area contributed by atoms with E-state index in [-0.39, 0.29) is 17.9 Å². The van der Waals surface area contributed by atoms with Crippen LogP contribution in [-0.2, 0) is 4.79 Å². The van der Waals surface area contributed by atoms with Crippen molar-refractivity contribution in [2.24, 2.45) is 11.0 Å². The SMILES string of the molecule is COc1ccc(-c2ccc(N3N=CCC3CC3(O)CCN(C(=O)C4CC4)CC3)cc2)cc1. The number of ether oxygens (including phenoxy) is 1. The Bertz CT molecular complexity index is 974. The van der Waals surface area contributed by atoms with E-state index in [0.717, 1.165) is 41.8 Å². The minimum atomic E-state index is -0.736. The van der Waals surface area contributed by atoms with Crippen molar-refractivity contribution < 1.29 is 14.6 Å². The molecule has 1 saturated carbocycles. The molecular formula is C26H31N3O3. The Morgan fingerprint density at radius 1 is 1.06 bits per heavy atom. The first-order chi connectivity index (χ1) is 15.5. The highest BCUT2D eigenvalue weighted by Crippen LogP contribution is 2.36. The number of amides is 1. The van der Waals surface area contributed by atoms with Gasteiger partial charge < -0.3 is 14.7 Å². The minimum Gasteiger partial charge on any atom is -0.497 e. The van der Waals surface area contributed by atoms with E-state index < -0.39 is 5.60 Å². The largest absolute Gasteiger partial charge is 0.497 e. The number of nitrogens with zero attached hydrogens (tertiary/aromatic N) is 3. The third kappa shape index (κ3) is 4.37. The zero-order valence-corrected chi connectivity index (χ0v) is 18.6. The van der Waals surface area contributed by atoms with Crippen LogP contribution >= 0.6 is 0 Å². The molecule has 0 aromatic heterocycles. The van der Waals surface area contributed by atoms with Gasteiger partial charge in [-0.15, -0.1) is 0 Å². The second kappa shape index (κ2) is 8.58. The summed E-state index contributed by atoms with van der Waals surface area (Å²) in [6.45, 7) is 1.33. The van der Waals surface area contributed by atoms with E-state index >= 15 is 0 Å². The summed E-state index contributed by atoms with van der Waals surface area (Å²) in [5.74, 6) is 1.39. The molecule has 1 atom stereocenters. The highest BCUT2D eigenvalue weighted by atomic mass is 16.5. The quantitative estimate of drug-likeness (QED) is 0.746. The monoisotopic (exact) mass is 433 g/mol. The maximum atomic E-state index is 12.3. The number of piperidine rings is 1. The van der Waals surface area contributed by atoms with E-state index in [1.54, 1.807) is 7.11 Å². The Labute approximate surface area is 189 Å². The molecule has 168 valence electrons. The van der Waals surface area contributed by atoms with E-state index in [2.05, 4.69) is 41.5 Å². The molecule has 1 N–H and O–H groups in total. The van der Waals surface area contributed by atoms with Crippen LogP contribution in [0.3, 0.4) is 0 Å². The van der Waals surface area contributed by atoms with Gasteiger partial charge >= 0.3 is 0 Å². The Morgan fingerprint density at radius 2 is 1.69 bits per heavy atom. The molecule has 32 heavy (non-hydrogen) atoms. The van der Waals surface area contributed by atoms with Gasteiger partial charge in [0.25, 0.3) is 0 Å². The van der Waals surface area contributed by atoms with Crippen molar-refractivity contribution in [3.63, 3.8) is 0 Å². The highest BCUT2D eigenvalue weighted by Gasteiger charge is 2.41. The minimum absolute atomic E-state index is 0.137. The number of carbonyl (C=O) groups excluding carboxylic acids is 1. The Hall–Kier alpha value is -2.86. The fourth-order valence-corrected chi connectivity index (χ4v) is 4.86. The normalized spacial score (nSPS) is 22.2. The lowest BCUT2D eigenvalue weighted by molar-refractivity contribution is -0.137. The molecule has 6 nitrogen and oxygen atoms in total. The van der Waals surface area contributed by atoms with Crippen molar-refractivity contribution in [2.45, 2.75) is 50.2 Å². The summed E-state index contributed by atoms with van der Waals surface area (Å²) < 4.78 is 5.24. The zero-order valence-electron chi connectivity index (χ0n) is 18.6. The predicted octanol–water partition coefficient (Wildman–Crippen LogP) is 4.08. The summed E-state index contributed by atoms with van der Waals surface area (Å²) in [5.41, 5.74) is 2.58. The van der Waals surface area contributed by atoms with E-state index in [1.807, 2.05) is 28.3 Å². The molecule has 5 rings (SSSR count). The number of benzene rings is 2. The average Bonchev–Trinajstić information content (AvgIpc) is 3.59. The number of anilines is 1. The van der Waals surface area contributed by atoms with E-state index in [1.165, 1.54) is 0 Å². The number of rotatable bonds is 6. The van der Waals surface area contributed by atoms with Crippen LogP contribution in [0.25, 0.3) is 11.1 Å². The van der Waals surface area contributed by atoms with Gasteiger partial charge in [-0.05, 0) is 67.5 Å². The fraction of sp³-hybridized carbons (Fsp3) is 0.462. The molecule has 3 aliphatic rings. The van der Waals surface area contributed by atoms with Gasteiger partial charge in [-0.3, -0.25) is 9.80 Å². The molecule has 2 aromatic carbocycles. The predicted molar refractivity (Wildman–Crippen MR) is 126 cm³/mol. The maximum Gasteiger partial charge on any atom is 0.225 e. The van der Waals surface area contributed by atoms with Gasteiger partial charge in [0.15, 0.2) is 0 Å². The maximum absolute atomic E-state index is 12.3. The van der Waals surface area contributed by atoms with Gasteiger partial charge in [0.1, 0.15) is 5.75 Å². The van der Waals surface area contributed by atoms with Crippen molar-refractivity contribution in [3.05, 3.63) is 48.5 Å².